The first-order valence-electron chi connectivity index (χ1n) is 8.92. The Hall–Kier alpha value is -1.99. The average Bonchev–Trinajstić information content (AvgIpc) is 2.62. The van der Waals surface area contributed by atoms with Crippen LogP contribution in [-0.4, -0.2) is 46.8 Å². The molecule has 27 heavy (non-hydrogen) atoms. The van der Waals surface area contributed by atoms with Gasteiger partial charge in [-0.2, -0.15) is 0 Å². The molecule has 0 aliphatic carbocycles. The summed E-state index contributed by atoms with van der Waals surface area (Å²) in [5, 5.41) is 30.3. The van der Waals surface area contributed by atoms with Crippen LogP contribution in [0.3, 0.4) is 0 Å². The largest absolute Gasteiger partial charge is 0.494 e. The topological polar surface area (TPSA) is 79.2 Å². The molecule has 3 rings (SSSR count). The molecule has 5 nitrogen and oxygen atoms in total. The normalized spacial score (nSPS) is 28.2. The van der Waals surface area contributed by atoms with Gasteiger partial charge in [0.2, 0.25) is 0 Å². The highest BCUT2D eigenvalue weighted by Crippen LogP contribution is 2.33. The molecule has 146 valence electrons. The maximum atomic E-state index is 13.9. The van der Waals surface area contributed by atoms with E-state index in [9.17, 15) is 19.7 Å². The van der Waals surface area contributed by atoms with Crippen LogP contribution in [0.4, 0.5) is 4.39 Å². The monoisotopic (exact) mass is 376 g/mol. The number of aryl methyl sites for hydroxylation is 1. The van der Waals surface area contributed by atoms with Crippen molar-refractivity contribution in [3.8, 4) is 5.75 Å². The molecule has 2 aromatic carbocycles. The van der Waals surface area contributed by atoms with Crippen molar-refractivity contribution >= 4 is 0 Å². The number of methoxy groups -OCH3 is 1. The van der Waals surface area contributed by atoms with E-state index in [2.05, 4.69) is 0 Å². The van der Waals surface area contributed by atoms with Gasteiger partial charge in [0.15, 0.2) is 11.6 Å². The van der Waals surface area contributed by atoms with Gasteiger partial charge in [-0.15, -0.1) is 0 Å². The van der Waals surface area contributed by atoms with Crippen molar-refractivity contribution in [2.45, 2.75) is 50.8 Å². The summed E-state index contributed by atoms with van der Waals surface area (Å²) < 4.78 is 24.6. The first kappa shape index (κ1) is 19.8. The second kappa shape index (κ2) is 7.94. The fraction of sp³-hybridized carbons (Fsp3) is 0.429. The summed E-state index contributed by atoms with van der Waals surface area (Å²) in [6.07, 6.45) is -4.50. The zero-order valence-electron chi connectivity index (χ0n) is 15.6. The minimum Gasteiger partial charge on any atom is -0.494 e. The van der Waals surface area contributed by atoms with Crippen molar-refractivity contribution in [1.29, 1.82) is 0 Å². The van der Waals surface area contributed by atoms with Gasteiger partial charge in [-0.25, -0.2) is 4.39 Å². The minimum atomic E-state index is -1.28. The number of ether oxygens (including phenoxy) is 2. The molecular formula is C21H25FO5. The number of hydrogen-bond acceptors (Lipinski definition) is 5. The summed E-state index contributed by atoms with van der Waals surface area (Å²) in [4.78, 5) is 0. The second-order valence-electron chi connectivity index (χ2n) is 7.13. The summed E-state index contributed by atoms with van der Waals surface area (Å²) in [5.41, 5.74) is 3.39. The van der Waals surface area contributed by atoms with Crippen molar-refractivity contribution in [2.75, 3.05) is 7.11 Å². The van der Waals surface area contributed by atoms with E-state index < -0.39 is 36.3 Å². The van der Waals surface area contributed by atoms with E-state index in [1.807, 2.05) is 25.1 Å². The first-order chi connectivity index (χ1) is 12.8. The van der Waals surface area contributed by atoms with Crippen LogP contribution in [0, 0.1) is 12.7 Å². The molecule has 0 bridgehead atoms. The van der Waals surface area contributed by atoms with E-state index in [0.717, 1.165) is 16.7 Å². The molecule has 1 saturated heterocycles. The summed E-state index contributed by atoms with van der Waals surface area (Å²) in [7, 11) is 1.42. The van der Waals surface area contributed by atoms with Gasteiger partial charge in [0.25, 0.3) is 0 Å². The summed E-state index contributed by atoms with van der Waals surface area (Å²) >= 11 is 0. The highest BCUT2D eigenvalue weighted by molar-refractivity contribution is 5.37. The molecule has 5 atom stereocenters. The van der Waals surface area contributed by atoms with Gasteiger partial charge in [-0.1, -0.05) is 29.8 Å². The molecule has 1 aliphatic rings. The van der Waals surface area contributed by atoms with Crippen molar-refractivity contribution in [1.82, 2.24) is 0 Å². The number of halogens is 1. The molecule has 0 radical (unpaired) electrons. The number of hydrogen-bond donors (Lipinski definition) is 3. The van der Waals surface area contributed by atoms with Gasteiger partial charge >= 0.3 is 0 Å². The summed E-state index contributed by atoms with van der Waals surface area (Å²) in [6, 6.07) is 10.6. The summed E-state index contributed by atoms with van der Waals surface area (Å²) in [5.74, 6) is -0.219. The van der Waals surface area contributed by atoms with Crippen molar-refractivity contribution in [3.05, 3.63) is 64.5 Å². The van der Waals surface area contributed by atoms with Gasteiger partial charge < -0.3 is 24.8 Å². The highest BCUT2D eigenvalue weighted by atomic mass is 19.1. The maximum Gasteiger partial charge on any atom is 0.165 e. The van der Waals surface area contributed by atoms with E-state index in [4.69, 9.17) is 9.47 Å². The Labute approximate surface area is 158 Å². The number of rotatable bonds is 4. The Balaban J connectivity index is 1.87. The Morgan fingerprint density at radius 2 is 1.74 bits per heavy atom. The van der Waals surface area contributed by atoms with Crippen LogP contribution in [0.15, 0.2) is 36.4 Å². The Morgan fingerprint density at radius 3 is 2.41 bits per heavy atom. The highest BCUT2D eigenvalue weighted by Gasteiger charge is 2.42. The third kappa shape index (κ3) is 4.14. The maximum absolute atomic E-state index is 13.9. The van der Waals surface area contributed by atoms with Crippen LogP contribution in [-0.2, 0) is 11.2 Å². The van der Waals surface area contributed by atoms with Gasteiger partial charge in [-0.05, 0) is 49.1 Å². The lowest BCUT2D eigenvalue weighted by molar-refractivity contribution is -0.219. The molecule has 3 N–H and O–H groups in total. The molecule has 0 aromatic heterocycles. The SMILES string of the molecule is COc1ccc(Cc2cc(C)cc([C@@H]3O[C@H](C)[C@@H](O)[C@H](O)[C@H]3O)c2)cc1F. The molecule has 0 amide bonds. The predicted molar refractivity (Wildman–Crippen MR) is 98.2 cm³/mol. The van der Waals surface area contributed by atoms with E-state index in [1.54, 1.807) is 19.1 Å². The fourth-order valence-corrected chi connectivity index (χ4v) is 3.54. The van der Waals surface area contributed by atoms with Crippen LogP contribution in [0.5, 0.6) is 5.75 Å². The predicted octanol–water partition coefficient (Wildman–Crippen LogP) is 2.28. The van der Waals surface area contributed by atoms with E-state index >= 15 is 0 Å². The van der Waals surface area contributed by atoms with Gasteiger partial charge in [-0.3, -0.25) is 0 Å². The van der Waals surface area contributed by atoms with Crippen molar-refractivity contribution < 1.29 is 29.2 Å². The lowest BCUT2D eigenvalue weighted by Crippen LogP contribution is -2.53. The van der Waals surface area contributed by atoms with Crippen molar-refractivity contribution in [3.63, 3.8) is 0 Å². The van der Waals surface area contributed by atoms with E-state index in [-0.39, 0.29) is 5.75 Å². The van der Waals surface area contributed by atoms with Crippen LogP contribution < -0.4 is 4.74 Å². The Kier molecular flexibility index (Phi) is 5.81. The quantitative estimate of drug-likeness (QED) is 0.763. The van der Waals surface area contributed by atoms with E-state index in [0.29, 0.717) is 12.0 Å². The van der Waals surface area contributed by atoms with E-state index in [1.165, 1.54) is 13.2 Å². The Morgan fingerprint density at radius 1 is 1.00 bits per heavy atom. The molecule has 0 unspecified atom stereocenters. The molecule has 6 heteroatoms. The minimum absolute atomic E-state index is 0.198. The first-order valence-corrected chi connectivity index (χ1v) is 8.92. The van der Waals surface area contributed by atoms with Crippen LogP contribution in [0.25, 0.3) is 0 Å². The fourth-order valence-electron chi connectivity index (χ4n) is 3.54. The molecule has 2 aromatic rings. The molecule has 1 aliphatic heterocycles. The van der Waals surface area contributed by atoms with Crippen LogP contribution in [0.1, 0.15) is 35.3 Å². The number of benzene rings is 2. The standard InChI is InChI=1S/C21H25FO5/c1-11-6-14(8-13-4-5-17(26-3)16(22)10-13)9-15(7-11)21-20(25)19(24)18(23)12(2)27-21/h4-7,9-10,12,18-21,23-25H,8H2,1-3H3/t12-,18-,19+,20-,21+/m1/s1. The third-order valence-corrected chi connectivity index (χ3v) is 4.96. The van der Waals surface area contributed by atoms with Crippen LogP contribution in [0.2, 0.25) is 0 Å². The number of aliphatic hydroxyl groups is 3. The zero-order valence-corrected chi connectivity index (χ0v) is 15.6. The molecule has 0 spiro atoms. The third-order valence-electron chi connectivity index (χ3n) is 4.96. The summed E-state index contributed by atoms with van der Waals surface area (Å²) in [6.45, 7) is 3.58. The smallest absolute Gasteiger partial charge is 0.165 e. The van der Waals surface area contributed by atoms with Gasteiger partial charge in [0, 0.05) is 0 Å². The Bertz CT molecular complexity index is 809. The molecule has 1 fully saturated rings. The zero-order chi connectivity index (χ0) is 19.7. The van der Waals surface area contributed by atoms with Gasteiger partial charge in [0.05, 0.1) is 13.2 Å². The van der Waals surface area contributed by atoms with Gasteiger partial charge in [0.1, 0.15) is 24.4 Å². The average molecular weight is 376 g/mol. The lowest BCUT2D eigenvalue weighted by Gasteiger charge is -2.39. The van der Waals surface area contributed by atoms with Crippen LogP contribution >= 0.6 is 0 Å². The second-order valence-corrected chi connectivity index (χ2v) is 7.13. The van der Waals surface area contributed by atoms with Crippen molar-refractivity contribution in [2.24, 2.45) is 0 Å². The molecule has 0 saturated carbocycles. The molecule has 1 heterocycles. The number of aliphatic hydroxyl groups excluding tert-OH is 3. The lowest BCUT2D eigenvalue weighted by atomic mass is 9.89. The molecular weight excluding hydrogens is 351 g/mol.